The molecule has 1 unspecified atom stereocenters. The lowest BCUT2D eigenvalue weighted by Crippen LogP contribution is -2.43. The van der Waals surface area contributed by atoms with Gasteiger partial charge in [-0.05, 0) is 17.7 Å². The van der Waals surface area contributed by atoms with Crippen molar-refractivity contribution in [2.75, 3.05) is 36.5 Å². The minimum Gasteiger partial charge on any atom is -0.370 e. The number of nitrogens with one attached hydrogen (secondary N) is 1. The van der Waals surface area contributed by atoms with Crippen molar-refractivity contribution >= 4 is 23.3 Å². The summed E-state index contributed by atoms with van der Waals surface area (Å²) in [4.78, 5) is 38.0. The highest BCUT2D eigenvalue weighted by Crippen LogP contribution is 2.31. The summed E-state index contributed by atoms with van der Waals surface area (Å²) in [6.07, 6.45) is 4.83. The van der Waals surface area contributed by atoms with Crippen LogP contribution in [0.4, 0.5) is 11.5 Å². The standard InChI is InChI=1S/C24H23N5O3/c30-22-14-27-23-20(29(22)15-17-5-2-1-3-6-17)11-19(13-26-23)24(31)28-9-10-32-21(16-28)18-7-4-8-25-12-18/h1-8,11-13,21H,9-10,14-16H2,(H,26,27). The molecule has 3 aromatic rings. The van der Waals surface area contributed by atoms with Gasteiger partial charge >= 0.3 is 0 Å². The normalized spacial score (nSPS) is 18.1. The summed E-state index contributed by atoms with van der Waals surface area (Å²) >= 11 is 0. The molecule has 162 valence electrons. The number of aromatic nitrogens is 2. The molecule has 8 nitrogen and oxygen atoms in total. The van der Waals surface area contributed by atoms with E-state index in [9.17, 15) is 9.59 Å². The van der Waals surface area contributed by atoms with E-state index >= 15 is 0 Å². The number of benzene rings is 1. The molecular weight excluding hydrogens is 406 g/mol. The Morgan fingerprint density at radius 2 is 2.03 bits per heavy atom. The maximum absolute atomic E-state index is 13.3. The Labute approximate surface area is 185 Å². The molecule has 1 fully saturated rings. The van der Waals surface area contributed by atoms with E-state index in [1.807, 2.05) is 42.5 Å². The van der Waals surface area contributed by atoms with Gasteiger partial charge in [0.2, 0.25) is 5.91 Å². The quantitative estimate of drug-likeness (QED) is 0.686. The maximum atomic E-state index is 13.3. The molecule has 0 radical (unpaired) electrons. The monoisotopic (exact) mass is 429 g/mol. The lowest BCUT2D eigenvalue weighted by Gasteiger charge is -2.34. The van der Waals surface area contributed by atoms with Crippen LogP contribution in [0.2, 0.25) is 0 Å². The molecule has 2 aliphatic heterocycles. The molecule has 0 aliphatic carbocycles. The first kappa shape index (κ1) is 20.1. The average Bonchev–Trinajstić information content (AvgIpc) is 2.86. The highest BCUT2D eigenvalue weighted by Gasteiger charge is 2.29. The third kappa shape index (κ3) is 4.04. The average molecular weight is 429 g/mol. The first-order chi connectivity index (χ1) is 15.7. The van der Waals surface area contributed by atoms with E-state index in [0.29, 0.717) is 43.3 Å². The second-order valence-electron chi connectivity index (χ2n) is 7.81. The largest absolute Gasteiger partial charge is 0.370 e. The highest BCUT2D eigenvalue weighted by atomic mass is 16.5. The van der Waals surface area contributed by atoms with Crippen LogP contribution in [0.3, 0.4) is 0 Å². The van der Waals surface area contributed by atoms with Crippen LogP contribution in [-0.2, 0) is 16.1 Å². The molecule has 1 aromatic carbocycles. The summed E-state index contributed by atoms with van der Waals surface area (Å²) in [7, 11) is 0. The number of nitrogens with zero attached hydrogens (tertiary/aromatic N) is 4. The first-order valence-electron chi connectivity index (χ1n) is 10.6. The number of hydrogen-bond acceptors (Lipinski definition) is 6. The van der Waals surface area contributed by atoms with Crippen molar-refractivity contribution in [3.63, 3.8) is 0 Å². The summed E-state index contributed by atoms with van der Waals surface area (Å²) < 4.78 is 5.86. The fraction of sp³-hybridized carbons (Fsp3) is 0.250. The highest BCUT2D eigenvalue weighted by molar-refractivity contribution is 6.04. The van der Waals surface area contributed by atoms with Gasteiger partial charge in [0, 0.05) is 30.7 Å². The molecule has 32 heavy (non-hydrogen) atoms. The van der Waals surface area contributed by atoms with Gasteiger partial charge in [0.05, 0.1) is 37.5 Å². The van der Waals surface area contributed by atoms with Crippen LogP contribution in [0.1, 0.15) is 27.6 Å². The molecule has 0 saturated carbocycles. The maximum Gasteiger partial charge on any atom is 0.255 e. The minimum atomic E-state index is -0.218. The lowest BCUT2D eigenvalue weighted by molar-refractivity contribution is -0.117. The Bertz CT molecular complexity index is 1120. The smallest absolute Gasteiger partial charge is 0.255 e. The molecule has 0 spiro atoms. The number of hydrogen-bond donors (Lipinski definition) is 1. The van der Waals surface area contributed by atoms with Crippen LogP contribution in [0.5, 0.6) is 0 Å². The van der Waals surface area contributed by atoms with Crippen molar-refractivity contribution in [3.8, 4) is 0 Å². The number of anilines is 2. The van der Waals surface area contributed by atoms with Crippen LogP contribution in [0.15, 0.2) is 67.1 Å². The summed E-state index contributed by atoms with van der Waals surface area (Å²) in [6.45, 7) is 1.98. The Morgan fingerprint density at radius 3 is 2.84 bits per heavy atom. The Balaban J connectivity index is 1.39. The number of pyridine rings is 2. The van der Waals surface area contributed by atoms with Gasteiger partial charge < -0.3 is 19.9 Å². The van der Waals surface area contributed by atoms with Gasteiger partial charge in [-0.2, -0.15) is 0 Å². The topological polar surface area (TPSA) is 87.7 Å². The zero-order chi connectivity index (χ0) is 21.9. The van der Waals surface area contributed by atoms with Crippen molar-refractivity contribution in [3.05, 3.63) is 83.8 Å². The third-order valence-corrected chi connectivity index (χ3v) is 5.71. The Hall–Kier alpha value is -3.78. The van der Waals surface area contributed by atoms with Gasteiger partial charge in [0.1, 0.15) is 6.10 Å². The fourth-order valence-electron chi connectivity index (χ4n) is 4.02. The number of ether oxygens (including phenoxy) is 1. The van der Waals surface area contributed by atoms with Crippen molar-refractivity contribution < 1.29 is 14.3 Å². The third-order valence-electron chi connectivity index (χ3n) is 5.71. The van der Waals surface area contributed by atoms with Crippen molar-refractivity contribution in [1.82, 2.24) is 14.9 Å². The minimum absolute atomic E-state index is 0.0595. The van der Waals surface area contributed by atoms with Gasteiger partial charge in [-0.3, -0.25) is 14.6 Å². The Morgan fingerprint density at radius 1 is 1.16 bits per heavy atom. The van der Waals surface area contributed by atoms with E-state index in [4.69, 9.17) is 4.74 Å². The summed E-state index contributed by atoms with van der Waals surface area (Å²) in [6, 6.07) is 15.3. The number of rotatable bonds is 4. The number of amides is 2. The summed E-state index contributed by atoms with van der Waals surface area (Å²) in [5.41, 5.74) is 3.02. The van der Waals surface area contributed by atoms with E-state index in [-0.39, 0.29) is 24.5 Å². The molecule has 1 N–H and O–H groups in total. The van der Waals surface area contributed by atoms with Gasteiger partial charge in [0.15, 0.2) is 5.82 Å². The molecular formula is C24H23N5O3. The van der Waals surface area contributed by atoms with E-state index in [0.717, 1.165) is 11.1 Å². The van der Waals surface area contributed by atoms with E-state index in [2.05, 4.69) is 15.3 Å². The van der Waals surface area contributed by atoms with E-state index < -0.39 is 0 Å². The summed E-state index contributed by atoms with van der Waals surface area (Å²) in [5, 5.41) is 3.05. The van der Waals surface area contributed by atoms with Crippen molar-refractivity contribution in [2.45, 2.75) is 12.6 Å². The van der Waals surface area contributed by atoms with Crippen LogP contribution in [0.25, 0.3) is 0 Å². The molecule has 5 rings (SSSR count). The lowest BCUT2D eigenvalue weighted by atomic mass is 10.1. The van der Waals surface area contributed by atoms with Crippen LogP contribution < -0.4 is 10.2 Å². The molecule has 4 heterocycles. The predicted molar refractivity (Wildman–Crippen MR) is 119 cm³/mol. The number of carbonyl (C=O) groups excluding carboxylic acids is 2. The van der Waals surface area contributed by atoms with E-state index in [1.54, 1.807) is 34.5 Å². The number of carbonyl (C=O) groups is 2. The molecule has 1 saturated heterocycles. The number of morpholine rings is 1. The van der Waals surface area contributed by atoms with Gasteiger partial charge in [-0.1, -0.05) is 36.4 Å². The zero-order valence-corrected chi connectivity index (χ0v) is 17.5. The molecule has 2 aliphatic rings. The summed E-state index contributed by atoms with van der Waals surface area (Å²) in [5.74, 6) is 0.415. The SMILES string of the molecule is O=C(c1cnc2c(c1)N(Cc1ccccc1)C(=O)CN2)N1CCOC(c2cccnc2)C1. The second-order valence-corrected chi connectivity index (χ2v) is 7.81. The molecule has 1 atom stereocenters. The van der Waals surface area contributed by atoms with Gasteiger partial charge in [-0.15, -0.1) is 0 Å². The molecule has 8 heteroatoms. The number of fused-ring (bicyclic) bond motifs is 1. The van der Waals surface area contributed by atoms with Crippen LogP contribution in [0, 0.1) is 0 Å². The first-order valence-corrected chi connectivity index (χ1v) is 10.6. The van der Waals surface area contributed by atoms with Crippen LogP contribution in [-0.4, -0.2) is 52.9 Å². The van der Waals surface area contributed by atoms with Crippen LogP contribution >= 0.6 is 0 Å². The Kier molecular flexibility index (Phi) is 5.51. The second kappa shape index (κ2) is 8.76. The van der Waals surface area contributed by atoms with Crippen molar-refractivity contribution in [1.29, 1.82) is 0 Å². The molecule has 0 bridgehead atoms. The predicted octanol–water partition coefficient (Wildman–Crippen LogP) is 2.65. The van der Waals surface area contributed by atoms with E-state index in [1.165, 1.54) is 0 Å². The molecule has 2 amide bonds. The fourth-order valence-corrected chi connectivity index (χ4v) is 4.02. The zero-order valence-electron chi connectivity index (χ0n) is 17.5. The molecule has 2 aromatic heterocycles. The van der Waals surface area contributed by atoms with Gasteiger partial charge in [-0.25, -0.2) is 4.98 Å². The van der Waals surface area contributed by atoms with Gasteiger partial charge in [0.25, 0.3) is 5.91 Å². The van der Waals surface area contributed by atoms with Crippen molar-refractivity contribution in [2.24, 2.45) is 0 Å².